The summed E-state index contributed by atoms with van der Waals surface area (Å²) in [6.07, 6.45) is 1.97. The largest absolute Gasteiger partial charge is 0.497 e. The van der Waals surface area contributed by atoms with E-state index in [1.807, 2.05) is 24.3 Å². The van der Waals surface area contributed by atoms with Crippen LogP contribution in [0.3, 0.4) is 0 Å². The van der Waals surface area contributed by atoms with Crippen molar-refractivity contribution in [3.63, 3.8) is 0 Å². The minimum Gasteiger partial charge on any atom is -0.497 e. The summed E-state index contributed by atoms with van der Waals surface area (Å²) in [6.45, 7) is 3.09. The fourth-order valence-corrected chi connectivity index (χ4v) is 2.18. The zero-order chi connectivity index (χ0) is 13.7. The predicted molar refractivity (Wildman–Crippen MR) is 74.7 cm³/mol. The third-order valence-corrected chi connectivity index (χ3v) is 3.55. The van der Waals surface area contributed by atoms with Crippen molar-refractivity contribution >= 4 is 0 Å². The van der Waals surface area contributed by atoms with Crippen LogP contribution >= 0.6 is 0 Å². The first kappa shape index (κ1) is 14.2. The van der Waals surface area contributed by atoms with E-state index in [4.69, 9.17) is 9.47 Å². The lowest BCUT2D eigenvalue weighted by Crippen LogP contribution is -2.33. The molecule has 0 aliphatic heterocycles. The molecule has 2 rings (SSSR count). The number of aliphatic hydroxyl groups excluding tert-OH is 1. The molecule has 1 saturated carbocycles. The van der Waals surface area contributed by atoms with Crippen molar-refractivity contribution in [1.29, 1.82) is 0 Å². The van der Waals surface area contributed by atoms with Gasteiger partial charge in [-0.15, -0.1) is 0 Å². The van der Waals surface area contributed by atoms with Crippen LogP contribution in [0.1, 0.15) is 19.8 Å². The van der Waals surface area contributed by atoms with Crippen LogP contribution in [0.2, 0.25) is 0 Å². The fraction of sp³-hybridized carbons (Fsp3) is 0.600. The third kappa shape index (κ3) is 4.40. The zero-order valence-electron chi connectivity index (χ0n) is 11.6. The van der Waals surface area contributed by atoms with E-state index in [-0.39, 0.29) is 0 Å². The Morgan fingerprint density at radius 3 is 2.89 bits per heavy atom. The number of rotatable bonds is 8. The number of hydrogen-bond acceptors (Lipinski definition) is 4. The molecule has 0 amide bonds. The van der Waals surface area contributed by atoms with Gasteiger partial charge in [0.05, 0.1) is 7.11 Å². The molecule has 0 spiro atoms. The summed E-state index contributed by atoms with van der Waals surface area (Å²) in [5.74, 6) is 2.27. The number of aliphatic hydroxyl groups is 1. The molecule has 4 nitrogen and oxygen atoms in total. The summed E-state index contributed by atoms with van der Waals surface area (Å²) < 4.78 is 10.7. The molecule has 3 atom stereocenters. The van der Waals surface area contributed by atoms with Gasteiger partial charge in [0.25, 0.3) is 0 Å². The Morgan fingerprint density at radius 2 is 2.21 bits per heavy atom. The highest BCUT2D eigenvalue weighted by Crippen LogP contribution is 2.32. The van der Waals surface area contributed by atoms with Gasteiger partial charge in [-0.2, -0.15) is 0 Å². The van der Waals surface area contributed by atoms with Gasteiger partial charge >= 0.3 is 0 Å². The molecule has 3 unspecified atom stereocenters. The minimum absolute atomic E-state index is 0.295. The van der Waals surface area contributed by atoms with Gasteiger partial charge in [0.2, 0.25) is 0 Å². The lowest BCUT2D eigenvalue weighted by atomic mass is 10.3. The molecule has 0 saturated heterocycles. The first-order chi connectivity index (χ1) is 9.22. The van der Waals surface area contributed by atoms with E-state index in [0.29, 0.717) is 19.2 Å². The van der Waals surface area contributed by atoms with E-state index in [2.05, 4.69) is 12.2 Å². The van der Waals surface area contributed by atoms with Crippen molar-refractivity contribution in [3.8, 4) is 11.5 Å². The van der Waals surface area contributed by atoms with E-state index < -0.39 is 6.10 Å². The molecule has 1 aliphatic carbocycles. The molecule has 0 aromatic heterocycles. The van der Waals surface area contributed by atoms with Gasteiger partial charge in [-0.3, -0.25) is 0 Å². The molecule has 1 fully saturated rings. The Labute approximate surface area is 114 Å². The second-order valence-corrected chi connectivity index (χ2v) is 5.06. The minimum atomic E-state index is -0.482. The molecule has 0 heterocycles. The Morgan fingerprint density at radius 1 is 1.42 bits per heavy atom. The normalized spacial score (nSPS) is 22.9. The average Bonchev–Trinajstić information content (AvgIpc) is 3.22. The number of nitrogens with one attached hydrogen (secondary N) is 1. The Bertz CT molecular complexity index is 397. The van der Waals surface area contributed by atoms with E-state index in [1.54, 1.807) is 7.11 Å². The van der Waals surface area contributed by atoms with Crippen LogP contribution in [0.5, 0.6) is 11.5 Å². The quantitative estimate of drug-likeness (QED) is 0.753. The lowest BCUT2D eigenvalue weighted by molar-refractivity contribution is 0.105. The first-order valence-corrected chi connectivity index (χ1v) is 6.91. The molecule has 1 aromatic rings. The van der Waals surface area contributed by atoms with Crippen molar-refractivity contribution in [2.75, 3.05) is 20.3 Å². The topological polar surface area (TPSA) is 50.7 Å². The maximum absolute atomic E-state index is 9.85. The molecular formula is C15H23NO3. The molecule has 106 valence electrons. The van der Waals surface area contributed by atoms with E-state index in [1.165, 1.54) is 12.8 Å². The molecule has 1 aliphatic rings. The summed E-state index contributed by atoms with van der Waals surface area (Å²) >= 11 is 0. The maximum Gasteiger partial charge on any atom is 0.123 e. The summed E-state index contributed by atoms with van der Waals surface area (Å²) in [6, 6.07) is 8.00. The Hall–Kier alpha value is -1.26. The highest BCUT2D eigenvalue weighted by Gasteiger charge is 2.34. The Kier molecular flexibility index (Phi) is 5.05. The molecule has 0 radical (unpaired) electrons. The van der Waals surface area contributed by atoms with E-state index >= 15 is 0 Å². The van der Waals surface area contributed by atoms with Crippen molar-refractivity contribution in [2.45, 2.75) is 31.9 Å². The van der Waals surface area contributed by atoms with Crippen LogP contribution < -0.4 is 14.8 Å². The predicted octanol–water partition coefficient (Wildman–Crippen LogP) is 1.82. The van der Waals surface area contributed by atoms with Crippen LogP contribution in [0.25, 0.3) is 0 Å². The van der Waals surface area contributed by atoms with Gasteiger partial charge < -0.3 is 19.9 Å². The standard InChI is InChI=1S/C15H23NO3/c1-3-11-7-15(11)16-9-12(17)10-19-14-6-4-5-13(8-14)18-2/h4-6,8,11-12,15-17H,3,7,9-10H2,1-2H3. The number of ether oxygens (including phenoxy) is 2. The summed E-state index contributed by atoms with van der Waals surface area (Å²) in [4.78, 5) is 0. The highest BCUT2D eigenvalue weighted by atomic mass is 16.5. The molecule has 1 aromatic carbocycles. The zero-order valence-corrected chi connectivity index (χ0v) is 11.6. The molecular weight excluding hydrogens is 242 g/mol. The second kappa shape index (κ2) is 6.78. The number of hydrogen-bond donors (Lipinski definition) is 2. The van der Waals surface area contributed by atoms with Crippen molar-refractivity contribution in [2.24, 2.45) is 5.92 Å². The van der Waals surface area contributed by atoms with E-state index in [0.717, 1.165) is 17.4 Å². The van der Waals surface area contributed by atoms with Gasteiger partial charge in [0.1, 0.15) is 24.2 Å². The number of benzene rings is 1. The van der Waals surface area contributed by atoms with Crippen LogP contribution in [-0.4, -0.2) is 37.5 Å². The van der Waals surface area contributed by atoms with Crippen molar-refractivity contribution < 1.29 is 14.6 Å². The highest BCUT2D eigenvalue weighted by molar-refractivity contribution is 5.32. The van der Waals surface area contributed by atoms with Crippen molar-refractivity contribution in [1.82, 2.24) is 5.32 Å². The van der Waals surface area contributed by atoms with Gasteiger partial charge in [-0.05, 0) is 24.5 Å². The molecule has 2 N–H and O–H groups in total. The monoisotopic (exact) mass is 265 g/mol. The fourth-order valence-electron chi connectivity index (χ4n) is 2.18. The SMILES string of the molecule is CCC1CC1NCC(O)COc1cccc(OC)c1. The molecule has 0 bridgehead atoms. The molecule has 4 heteroatoms. The third-order valence-electron chi connectivity index (χ3n) is 3.55. The van der Waals surface area contributed by atoms with Gasteiger partial charge in [-0.1, -0.05) is 19.4 Å². The molecule has 19 heavy (non-hydrogen) atoms. The second-order valence-electron chi connectivity index (χ2n) is 5.06. The van der Waals surface area contributed by atoms with Crippen LogP contribution in [-0.2, 0) is 0 Å². The van der Waals surface area contributed by atoms with Crippen LogP contribution in [0.4, 0.5) is 0 Å². The number of methoxy groups -OCH3 is 1. The Balaban J connectivity index is 1.66. The van der Waals surface area contributed by atoms with E-state index in [9.17, 15) is 5.11 Å². The van der Waals surface area contributed by atoms with Gasteiger partial charge in [0, 0.05) is 18.7 Å². The van der Waals surface area contributed by atoms with Crippen molar-refractivity contribution in [3.05, 3.63) is 24.3 Å². The van der Waals surface area contributed by atoms with Crippen LogP contribution in [0, 0.1) is 5.92 Å². The van der Waals surface area contributed by atoms with Gasteiger partial charge in [-0.25, -0.2) is 0 Å². The first-order valence-electron chi connectivity index (χ1n) is 6.91. The summed E-state index contributed by atoms with van der Waals surface area (Å²) in [7, 11) is 1.62. The van der Waals surface area contributed by atoms with Crippen LogP contribution in [0.15, 0.2) is 24.3 Å². The lowest BCUT2D eigenvalue weighted by Gasteiger charge is -2.13. The summed E-state index contributed by atoms with van der Waals surface area (Å²) in [5.41, 5.74) is 0. The maximum atomic E-state index is 9.85. The average molecular weight is 265 g/mol. The smallest absolute Gasteiger partial charge is 0.123 e. The van der Waals surface area contributed by atoms with Gasteiger partial charge in [0.15, 0.2) is 0 Å². The summed E-state index contributed by atoms with van der Waals surface area (Å²) in [5, 5.41) is 13.2.